The van der Waals surface area contributed by atoms with Gasteiger partial charge < -0.3 is 9.88 Å². The molecule has 2 aromatic carbocycles. The highest BCUT2D eigenvalue weighted by Gasteiger charge is 2.18. The molecule has 0 aliphatic carbocycles. The van der Waals surface area contributed by atoms with E-state index in [0.29, 0.717) is 18.7 Å². The number of hydrogen-bond donors (Lipinski definition) is 1. The van der Waals surface area contributed by atoms with Crippen molar-refractivity contribution < 1.29 is 4.79 Å². The monoisotopic (exact) mass is 342 g/mol. The lowest BCUT2D eigenvalue weighted by molar-refractivity contribution is 0.0725. The van der Waals surface area contributed by atoms with Gasteiger partial charge in [0.15, 0.2) is 0 Å². The van der Waals surface area contributed by atoms with Gasteiger partial charge >= 0.3 is 0 Å². The molecule has 5 heteroatoms. The Bertz CT molecular complexity index is 1010. The number of fused-ring (bicyclic) bond motifs is 1. The Balaban J connectivity index is 1.65. The van der Waals surface area contributed by atoms with Gasteiger partial charge in [-0.3, -0.25) is 9.78 Å². The van der Waals surface area contributed by atoms with Crippen LogP contribution in [0.2, 0.25) is 0 Å². The van der Waals surface area contributed by atoms with Crippen LogP contribution in [0.5, 0.6) is 0 Å². The van der Waals surface area contributed by atoms with Crippen LogP contribution >= 0.6 is 0 Å². The minimum Gasteiger partial charge on any atom is -0.347 e. The third-order valence-corrected chi connectivity index (χ3v) is 4.24. The molecule has 2 aromatic heterocycles. The molecule has 5 nitrogen and oxygen atoms in total. The van der Waals surface area contributed by atoms with Crippen molar-refractivity contribution in [2.45, 2.75) is 13.1 Å². The highest BCUT2D eigenvalue weighted by Crippen LogP contribution is 2.17. The number of pyridine rings is 1. The SMILES string of the molecule is O=C(c1cnc2ccccc2c1)N(Cc1ccccc1)Cc1ncc[nH]1. The average Bonchev–Trinajstić information content (AvgIpc) is 3.20. The standard InChI is InChI=1S/C21H18N4O/c26-21(18-12-17-8-4-5-9-19(17)24-13-18)25(15-20-22-10-11-23-20)14-16-6-2-1-3-7-16/h1-13H,14-15H2,(H,22,23). The maximum atomic E-state index is 13.2. The smallest absolute Gasteiger partial charge is 0.256 e. The molecule has 0 saturated carbocycles. The molecule has 2 heterocycles. The zero-order valence-electron chi connectivity index (χ0n) is 14.2. The van der Waals surface area contributed by atoms with E-state index in [-0.39, 0.29) is 5.91 Å². The topological polar surface area (TPSA) is 61.9 Å². The van der Waals surface area contributed by atoms with Crippen LogP contribution in [0.4, 0.5) is 0 Å². The zero-order valence-corrected chi connectivity index (χ0v) is 14.2. The average molecular weight is 342 g/mol. The lowest BCUT2D eigenvalue weighted by atomic mass is 10.1. The second-order valence-electron chi connectivity index (χ2n) is 6.10. The van der Waals surface area contributed by atoms with Crippen LogP contribution in [-0.4, -0.2) is 25.8 Å². The van der Waals surface area contributed by atoms with Crippen LogP contribution in [-0.2, 0) is 13.1 Å². The fraction of sp³-hybridized carbons (Fsp3) is 0.0952. The molecule has 4 aromatic rings. The molecule has 1 N–H and O–H groups in total. The van der Waals surface area contributed by atoms with E-state index in [1.165, 1.54) is 0 Å². The molecule has 0 aliphatic rings. The second-order valence-corrected chi connectivity index (χ2v) is 6.10. The predicted molar refractivity (Wildman–Crippen MR) is 100 cm³/mol. The van der Waals surface area contributed by atoms with E-state index in [4.69, 9.17) is 0 Å². The normalized spacial score (nSPS) is 10.8. The van der Waals surface area contributed by atoms with E-state index >= 15 is 0 Å². The van der Waals surface area contributed by atoms with Gasteiger partial charge in [-0.25, -0.2) is 4.98 Å². The van der Waals surface area contributed by atoms with Gasteiger partial charge in [0.1, 0.15) is 5.82 Å². The summed E-state index contributed by atoms with van der Waals surface area (Å²) < 4.78 is 0. The Kier molecular flexibility index (Phi) is 4.43. The lowest BCUT2D eigenvalue weighted by Gasteiger charge is -2.22. The molecule has 128 valence electrons. The first-order valence-corrected chi connectivity index (χ1v) is 8.46. The Morgan fingerprint density at radius 3 is 2.58 bits per heavy atom. The maximum absolute atomic E-state index is 13.2. The van der Waals surface area contributed by atoms with Gasteiger partial charge in [0.05, 0.1) is 17.6 Å². The molecule has 0 unspecified atom stereocenters. The molecule has 0 fully saturated rings. The minimum atomic E-state index is -0.0662. The van der Waals surface area contributed by atoms with Crippen LogP contribution in [0.15, 0.2) is 79.3 Å². The Labute approximate surface area is 151 Å². The Morgan fingerprint density at radius 1 is 0.962 bits per heavy atom. The van der Waals surface area contributed by atoms with Crippen molar-refractivity contribution in [3.63, 3.8) is 0 Å². The molecular formula is C21H18N4O. The summed E-state index contributed by atoms with van der Waals surface area (Å²) in [5.74, 6) is 0.687. The first-order valence-electron chi connectivity index (χ1n) is 8.46. The maximum Gasteiger partial charge on any atom is 0.256 e. The molecule has 0 bridgehead atoms. The molecule has 1 amide bonds. The molecule has 0 aliphatic heterocycles. The van der Waals surface area contributed by atoms with Crippen molar-refractivity contribution in [1.29, 1.82) is 0 Å². The predicted octanol–water partition coefficient (Wildman–Crippen LogP) is 3.80. The number of carbonyl (C=O) groups excluding carboxylic acids is 1. The van der Waals surface area contributed by atoms with Gasteiger partial charge in [-0.15, -0.1) is 0 Å². The number of aromatic amines is 1. The summed E-state index contributed by atoms with van der Waals surface area (Å²) in [6.45, 7) is 0.917. The number of aromatic nitrogens is 3. The largest absolute Gasteiger partial charge is 0.347 e. The summed E-state index contributed by atoms with van der Waals surface area (Å²) in [7, 11) is 0. The zero-order chi connectivity index (χ0) is 17.8. The van der Waals surface area contributed by atoms with Crippen molar-refractivity contribution in [2.24, 2.45) is 0 Å². The Hall–Kier alpha value is -3.47. The number of imidazole rings is 1. The van der Waals surface area contributed by atoms with Crippen molar-refractivity contribution in [3.8, 4) is 0 Å². The third kappa shape index (κ3) is 3.47. The van der Waals surface area contributed by atoms with Crippen molar-refractivity contribution in [1.82, 2.24) is 19.9 Å². The summed E-state index contributed by atoms with van der Waals surface area (Å²) in [5.41, 5.74) is 2.53. The van der Waals surface area contributed by atoms with Crippen LogP contribution in [0.3, 0.4) is 0 Å². The summed E-state index contributed by atoms with van der Waals surface area (Å²) in [5, 5.41) is 0.955. The number of benzene rings is 2. The molecule has 0 saturated heterocycles. The van der Waals surface area contributed by atoms with Gasteiger partial charge in [-0.2, -0.15) is 0 Å². The number of amides is 1. The van der Waals surface area contributed by atoms with Crippen molar-refractivity contribution >= 4 is 16.8 Å². The third-order valence-electron chi connectivity index (χ3n) is 4.24. The van der Waals surface area contributed by atoms with E-state index in [9.17, 15) is 4.79 Å². The van der Waals surface area contributed by atoms with Gasteiger partial charge in [0.2, 0.25) is 0 Å². The fourth-order valence-electron chi connectivity index (χ4n) is 2.94. The summed E-state index contributed by atoms with van der Waals surface area (Å²) >= 11 is 0. The lowest BCUT2D eigenvalue weighted by Crippen LogP contribution is -2.30. The molecule has 0 radical (unpaired) electrons. The van der Waals surface area contributed by atoms with Gasteiger partial charge in [-0.1, -0.05) is 48.5 Å². The molecule has 4 rings (SSSR count). The van der Waals surface area contributed by atoms with Crippen molar-refractivity contribution in [3.05, 3.63) is 96.2 Å². The first kappa shape index (κ1) is 16.0. The molecule has 0 spiro atoms. The van der Waals surface area contributed by atoms with E-state index in [1.54, 1.807) is 23.5 Å². The number of carbonyl (C=O) groups is 1. The number of H-pyrrole nitrogens is 1. The van der Waals surface area contributed by atoms with Crippen LogP contribution < -0.4 is 0 Å². The number of hydrogen-bond acceptors (Lipinski definition) is 3. The van der Waals surface area contributed by atoms with Gasteiger partial charge in [-0.05, 0) is 17.7 Å². The summed E-state index contributed by atoms with van der Waals surface area (Å²) in [6, 6.07) is 19.6. The van der Waals surface area contributed by atoms with Crippen LogP contribution in [0.25, 0.3) is 10.9 Å². The Morgan fingerprint density at radius 2 is 1.77 bits per heavy atom. The number of para-hydroxylation sites is 1. The highest BCUT2D eigenvalue weighted by molar-refractivity contribution is 5.97. The summed E-state index contributed by atoms with van der Waals surface area (Å²) in [6.07, 6.45) is 5.10. The number of nitrogens with one attached hydrogen (secondary N) is 1. The van der Waals surface area contributed by atoms with E-state index < -0.39 is 0 Å². The first-order chi connectivity index (χ1) is 12.8. The van der Waals surface area contributed by atoms with E-state index in [2.05, 4.69) is 15.0 Å². The van der Waals surface area contributed by atoms with Crippen LogP contribution in [0, 0.1) is 0 Å². The van der Waals surface area contributed by atoms with E-state index in [1.807, 2.05) is 60.7 Å². The molecule has 26 heavy (non-hydrogen) atoms. The number of nitrogens with zero attached hydrogens (tertiary/aromatic N) is 3. The minimum absolute atomic E-state index is 0.0662. The number of rotatable bonds is 5. The van der Waals surface area contributed by atoms with Gasteiger partial charge in [0, 0.05) is 30.5 Å². The quantitative estimate of drug-likeness (QED) is 0.600. The molecule has 0 atom stereocenters. The molecular weight excluding hydrogens is 324 g/mol. The fourth-order valence-corrected chi connectivity index (χ4v) is 2.94. The van der Waals surface area contributed by atoms with Crippen molar-refractivity contribution in [2.75, 3.05) is 0 Å². The highest BCUT2D eigenvalue weighted by atomic mass is 16.2. The van der Waals surface area contributed by atoms with Crippen LogP contribution in [0.1, 0.15) is 21.7 Å². The van der Waals surface area contributed by atoms with E-state index in [0.717, 1.165) is 22.3 Å². The summed E-state index contributed by atoms with van der Waals surface area (Å²) in [4.78, 5) is 26.7. The van der Waals surface area contributed by atoms with Gasteiger partial charge in [0.25, 0.3) is 5.91 Å². The second kappa shape index (κ2) is 7.19.